The average molecular weight is 259 g/mol. The fourth-order valence-corrected chi connectivity index (χ4v) is 3.55. The standard InChI is InChI=1S/C15H18FN3/c16-12-4-10(7-17)5-13(6-12)19-8-11-2-1-3-15(18)14(11)9-19/h4-6,11,14-15H,1-3,8-9,18H2. The molecule has 0 bridgehead atoms. The Balaban J connectivity index is 1.84. The first-order valence-electron chi connectivity index (χ1n) is 6.88. The summed E-state index contributed by atoms with van der Waals surface area (Å²) in [6.45, 7) is 1.83. The van der Waals surface area contributed by atoms with Gasteiger partial charge in [-0.1, -0.05) is 6.42 Å². The molecule has 1 aromatic rings. The van der Waals surface area contributed by atoms with Crippen molar-refractivity contribution in [2.24, 2.45) is 17.6 Å². The van der Waals surface area contributed by atoms with Crippen molar-refractivity contribution >= 4 is 5.69 Å². The van der Waals surface area contributed by atoms with E-state index in [0.717, 1.165) is 25.2 Å². The Labute approximate surface area is 112 Å². The summed E-state index contributed by atoms with van der Waals surface area (Å²) in [7, 11) is 0. The lowest BCUT2D eigenvalue weighted by atomic mass is 9.78. The predicted molar refractivity (Wildman–Crippen MR) is 72.1 cm³/mol. The van der Waals surface area contributed by atoms with Crippen LogP contribution in [0.5, 0.6) is 0 Å². The minimum Gasteiger partial charge on any atom is -0.371 e. The van der Waals surface area contributed by atoms with Crippen LogP contribution in [-0.4, -0.2) is 19.1 Å². The number of nitrogens with zero attached hydrogens (tertiary/aromatic N) is 2. The third-order valence-corrected chi connectivity index (χ3v) is 4.53. The van der Waals surface area contributed by atoms with Gasteiger partial charge in [-0.3, -0.25) is 0 Å². The third-order valence-electron chi connectivity index (χ3n) is 4.53. The topological polar surface area (TPSA) is 53.0 Å². The maximum atomic E-state index is 13.5. The Hall–Kier alpha value is -1.60. The van der Waals surface area contributed by atoms with Gasteiger partial charge >= 0.3 is 0 Å². The van der Waals surface area contributed by atoms with Gasteiger partial charge < -0.3 is 10.6 Å². The molecule has 1 aliphatic carbocycles. The van der Waals surface area contributed by atoms with Crippen LogP contribution >= 0.6 is 0 Å². The normalized spacial score (nSPS) is 29.9. The second-order valence-electron chi connectivity index (χ2n) is 5.73. The number of nitrogens with two attached hydrogens (primary N) is 1. The molecule has 1 saturated carbocycles. The molecule has 0 spiro atoms. The lowest BCUT2D eigenvalue weighted by Gasteiger charge is -2.29. The van der Waals surface area contributed by atoms with Crippen LogP contribution in [-0.2, 0) is 0 Å². The second-order valence-corrected chi connectivity index (χ2v) is 5.73. The van der Waals surface area contributed by atoms with E-state index >= 15 is 0 Å². The fraction of sp³-hybridized carbons (Fsp3) is 0.533. The zero-order valence-electron chi connectivity index (χ0n) is 10.8. The monoisotopic (exact) mass is 259 g/mol. The van der Waals surface area contributed by atoms with Crippen LogP contribution in [0.4, 0.5) is 10.1 Å². The van der Waals surface area contributed by atoms with Crippen molar-refractivity contribution in [3.05, 3.63) is 29.6 Å². The highest BCUT2D eigenvalue weighted by atomic mass is 19.1. The van der Waals surface area contributed by atoms with E-state index in [2.05, 4.69) is 4.90 Å². The molecule has 100 valence electrons. The predicted octanol–water partition coefficient (Wildman–Crippen LogP) is 2.26. The van der Waals surface area contributed by atoms with E-state index in [0.29, 0.717) is 17.4 Å². The van der Waals surface area contributed by atoms with Gasteiger partial charge in [-0.25, -0.2) is 4.39 Å². The molecule has 0 aromatic heterocycles. The summed E-state index contributed by atoms with van der Waals surface area (Å²) in [6, 6.07) is 6.85. The Morgan fingerprint density at radius 3 is 2.84 bits per heavy atom. The minimum absolute atomic E-state index is 0.271. The van der Waals surface area contributed by atoms with Gasteiger partial charge in [-0.15, -0.1) is 0 Å². The molecule has 4 heteroatoms. The zero-order chi connectivity index (χ0) is 13.4. The van der Waals surface area contributed by atoms with E-state index < -0.39 is 0 Å². The van der Waals surface area contributed by atoms with Gasteiger partial charge in [0.2, 0.25) is 0 Å². The average Bonchev–Trinajstić information content (AvgIpc) is 2.83. The van der Waals surface area contributed by atoms with E-state index in [4.69, 9.17) is 11.0 Å². The highest BCUT2D eigenvalue weighted by Gasteiger charge is 2.38. The number of halogens is 1. The molecule has 1 aromatic carbocycles. The SMILES string of the molecule is N#Cc1cc(F)cc(N2CC3CCCC(N)C3C2)c1. The van der Waals surface area contributed by atoms with Crippen LogP contribution < -0.4 is 10.6 Å². The van der Waals surface area contributed by atoms with Crippen LogP contribution in [0.1, 0.15) is 24.8 Å². The molecule has 2 aliphatic rings. The summed E-state index contributed by atoms with van der Waals surface area (Å²) >= 11 is 0. The van der Waals surface area contributed by atoms with E-state index in [-0.39, 0.29) is 11.9 Å². The summed E-state index contributed by atoms with van der Waals surface area (Å²) in [6.07, 6.45) is 3.51. The summed E-state index contributed by atoms with van der Waals surface area (Å²) in [5.41, 5.74) is 7.39. The molecule has 0 amide bonds. The molecule has 1 aliphatic heterocycles. The number of anilines is 1. The molecule has 3 nitrogen and oxygen atoms in total. The molecule has 2 N–H and O–H groups in total. The smallest absolute Gasteiger partial charge is 0.126 e. The lowest BCUT2D eigenvalue weighted by molar-refractivity contribution is 0.260. The zero-order valence-corrected chi connectivity index (χ0v) is 10.8. The molecular weight excluding hydrogens is 241 g/mol. The maximum absolute atomic E-state index is 13.5. The van der Waals surface area contributed by atoms with Crippen LogP contribution in [0, 0.1) is 29.0 Å². The van der Waals surface area contributed by atoms with Crippen molar-refractivity contribution in [3.63, 3.8) is 0 Å². The summed E-state index contributed by atoms with van der Waals surface area (Å²) in [4.78, 5) is 2.18. The Kier molecular flexibility index (Phi) is 3.16. The molecule has 0 radical (unpaired) electrons. The van der Waals surface area contributed by atoms with Gasteiger partial charge in [0.15, 0.2) is 0 Å². The molecule has 19 heavy (non-hydrogen) atoms. The lowest BCUT2D eigenvalue weighted by Crippen LogP contribution is -2.38. The number of nitriles is 1. The molecule has 3 unspecified atom stereocenters. The van der Waals surface area contributed by atoms with Gasteiger partial charge in [-0.05, 0) is 42.9 Å². The van der Waals surface area contributed by atoms with Gasteiger partial charge in [0.25, 0.3) is 0 Å². The molecule has 2 fully saturated rings. The van der Waals surface area contributed by atoms with Crippen LogP contribution in [0.15, 0.2) is 18.2 Å². The first-order valence-corrected chi connectivity index (χ1v) is 6.88. The van der Waals surface area contributed by atoms with Crippen LogP contribution in [0.2, 0.25) is 0 Å². The van der Waals surface area contributed by atoms with Crippen molar-refractivity contribution in [2.75, 3.05) is 18.0 Å². The van der Waals surface area contributed by atoms with Crippen molar-refractivity contribution in [2.45, 2.75) is 25.3 Å². The summed E-state index contributed by atoms with van der Waals surface area (Å²) in [5.74, 6) is 0.799. The van der Waals surface area contributed by atoms with E-state index in [1.54, 1.807) is 6.07 Å². The summed E-state index contributed by atoms with van der Waals surface area (Å²) < 4.78 is 13.5. The highest BCUT2D eigenvalue weighted by molar-refractivity contribution is 5.53. The van der Waals surface area contributed by atoms with Gasteiger partial charge in [0.1, 0.15) is 5.82 Å². The largest absolute Gasteiger partial charge is 0.371 e. The number of benzene rings is 1. The van der Waals surface area contributed by atoms with E-state index in [9.17, 15) is 4.39 Å². The van der Waals surface area contributed by atoms with E-state index in [1.165, 1.54) is 25.0 Å². The molecule has 3 atom stereocenters. The van der Waals surface area contributed by atoms with Gasteiger partial charge in [0, 0.05) is 24.8 Å². The van der Waals surface area contributed by atoms with Crippen LogP contribution in [0.3, 0.4) is 0 Å². The van der Waals surface area contributed by atoms with Crippen molar-refractivity contribution < 1.29 is 4.39 Å². The maximum Gasteiger partial charge on any atom is 0.126 e. The van der Waals surface area contributed by atoms with Crippen molar-refractivity contribution in [3.8, 4) is 6.07 Å². The van der Waals surface area contributed by atoms with Crippen molar-refractivity contribution in [1.82, 2.24) is 0 Å². The van der Waals surface area contributed by atoms with E-state index in [1.807, 2.05) is 6.07 Å². The fourth-order valence-electron chi connectivity index (χ4n) is 3.55. The first kappa shape index (κ1) is 12.4. The van der Waals surface area contributed by atoms with Crippen LogP contribution in [0.25, 0.3) is 0 Å². The summed E-state index contributed by atoms with van der Waals surface area (Å²) in [5, 5.41) is 8.92. The quantitative estimate of drug-likeness (QED) is 0.841. The highest BCUT2D eigenvalue weighted by Crippen LogP contribution is 2.37. The first-order chi connectivity index (χ1) is 9.17. The molecular formula is C15H18FN3. The van der Waals surface area contributed by atoms with Gasteiger partial charge in [-0.2, -0.15) is 5.26 Å². The number of hydrogen-bond donors (Lipinski definition) is 1. The van der Waals surface area contributed by atoms with Crippen molar-refractivity contribution in [1.29, 1.82) is 5.26 Å². The number of fused-ring (bicyclic) bond motifs is 1. The molecule has 1 saturated heterocycles. The Morgan fingerprint density at radius 1 is 1.26 bits per heavy atom. The molecule has 1 heterocycles. The minimum atomic E-state index is -0.340. The second kappa shape index (κ2) is 4.82. The Morgan fingerprint density at radius 2 is 2.11 bits per heavy atom. The van der Waals surface area contributed by atoms with Gasteiger partial charge in [0.05, 0.1) is 11.6 Å². The Bertz CT molecular complexity index is 523. The number of hydrogen-bond acceptors (Lipinski definition) is 3. The number of rotatable bonds is 1. The molecule has 3 rings (SSSR count). The third kappa shape index (κ3) is 2.31.